The second-order valence-electron chi connectivity index (χ2n) is 13.8. The van der Waals surface area contributed by atoms with E-state index in [2.05, 4.69) is 10.4 Å². The highest BCUT2D eigenvalue weighted by molar-refractivity contribution is 6.33. The lowest BCUT2D eigenvalue weighted by molar-refractivity contribution is -0.142. The summed E-state index contributed by atoms with van der Waals surface area (Å²) in [5, 5.41) is 10.9. The smallest absolute Gasteiger partial charge is 0.417 e. The third-order valence-corrected chi connectivity index (χ3v) is 11.6. The van der Waals surface area contributed by atoms with Crippen LogP contribution in [0.3, 0.4) is 0 Å². The Balaban J connectivity index is 1.28. The summed E-state index contributed by atoms with van der Waals surface area (Å²) in [6.45, 7) is 0.0864. The minimum atomic E-state index is -4.74. The van der Waals surface area contributed by atoms with E-state index in [0.29, 0.717) is 34.0 Å². The summed E-state index contributed by atoms with van der Waals surface area (Å²) in [4.78, 5) is 63.2. The van der Waals surface area contributed by atoms with Crippen molar-refractivity contribution in [1.82, 2.24) is 14.9 Å². The number of carbonyl (C=O) groups is 4. The molecule has 0 bridgehead atoms. The van der Waals surface area contributed by atoms with E-state index >= 15 is 4.79 Å². The second kappa shape index (κ2) is 12.7. The van der Waals surface area contributed by atoms with Crippen LogP contribution in [0.2, 0.25) is 10.0 Å². The van der Waals surface area contributed by atoms with Gasteiger partial charge in [-0.2, -0.15) is 18.2 Å². The number of hydrazine groups is 1. The summed E-state index contributed by atoms with van der Waals surface area (Å²) in [5.74, 6) is -6.67. The topological polar surface area (TPSA) is 120 Å². The van der Waals surface area contributed by atoms with Gasteiger partial charge in [-0.3, -0.25) is 29.5 Å². The number of aromatic hydroxyl groups is 1. The molecule has 4 aromatic rings. The van der Waals surface area contributed by atoms with Gasteiger partial charge in [-0.1, -0.05) is 89.4 Å². The number of halogens is 5. The number of fused-ring (bicyclic) bond motifs is 4. The summed E-state index contributed by atoms with van der Waals surface area (Å²) in [7, 11) is 0. The van der Waals surface area contributed by atoms with Crippen molar-refractivity contribution in [3.05, 3.63) is 135 Å². The first-order valence-corrected chi connectivity index (χ1v) is 17.6. The lowest BCUT2D eigenvalue weighted by Crippen LogP contribution is -2.53. The maximum Gasteiger partial charge on any atom is 0.417 e. The van der Waals surface area contributed by atoms with E-state index in [1.807, 2.05) is 36.4 Å². The SMILES string of the molecule is O=C1[C@H]2[C@H](CC=C3[C@H]2C[C@H]2C(=O)N(Nc4ncc(C(F)(F)F)cc4Cl)C(=O)[C@@]2(c2ccc(Cl)cc2)[C@H]3c2ccc(O)cc2)C(=O)N1Cc1ccccc1. The van der Waals surface area contributed by atoms with Crippen molar-refractivity contribution < 1.29 is 37.5 Å². The first-order chi connectivity index (χ1) is 25.3. The van der Waals surface area contributed by atoms with E-state index in [4.69, 9.17) is 23.2 Å². The van der Waals surface area contributed by atoms with Gasteiger partial charge in [0.05, 0.1) is 40.3 Å². The van der Waals surface area contributed by atoms with Crippen LogP contribution in [0.25, 0.3) is 0 Å². The molecule has 2 aliphatic heterocycles. The summed E-state index contributed by atoms with van der Waals surface area (Å²) in [5.41, 5.74) is 2.29. The number of hydrogen-bond acceptors (Lipinski definition) is 7. The molecule has 2 aliphatic carbocycles. The van der Waals surface area contributed by atoms with Crippen LogP contribution in [-0.4, -0.2) is 43.6 Å². The molecule has 8 rings (SSSR count). The summed E-state index contributed by atoms with van der Waals surface area (Å²) < 4.78 is 40.3. The number of aromatic nitrogens is 1. The summed E-state index contributed by atoms with van der Waals surface area (Å²) in [6.07, 6.45) is -2.08. The van der Waals surface area contributed by atoms with Gasteiger partial charge in [-0.25, -0.2) is 4.98 Å². The standard InChI is InChI=1S/C39H29Cl2F3N4O5/c40-24-10-8-22(9-11-24)38-29(35(51)48(37(38)53)46-33-30(41)16-23(18-45-33)39(42,43)44)17-28-26(32(38)21-6-12-25(49)13-7-21)14-15-27-31(28)36(52)47(34(27)50)19-20-4-2-1-3-5-20/h1-14,16,18,27-29,31-32,49H,15,17,19H2,(H,45,46)/t27-,28+,29-,31-,32-,38+/m0/s1. The van der Waals surface area contributed by atoms with Crippen molar-refractivity contribution in [3.63, 3.8) is 0 Å². The average Bonchev–Trinajstić information content (AvgIpc) is 3.50. The Labute approximate surface area is 311 Å². The van der Waals surface area contributed by atoms with Gasteiger partial charge < -0.3 is 5.11 Å². The number of likely N-dealkylation sites (tertiary alicyclic amines) is 1. The Morgan fingerprint density at radius 2 is 1.58 bits per heavy atom. The van der Waals surface area contributed by atoms with Crippen LogP contribution in [0, 0.1) is 23.7 Å². The summed E-state index contributed by atoms with van der Waals surface area (Å²) in [6, 6.07) is 22.5. The van der Waals surface area contributed by atoms with E-state index in [1.54, 1.807) is 36.4 Å². The number of imide groups is 2. The minimum Gasteiger partial charge on any atom is -0.508 e. The molecule has 3 fully saturated rings. The number of hydrogen-bond donors (Lipinski definition) is 2. The molecule has 2 N–H and O–H groups in total. The van der Waals surface area contributed by atoms with Gasteiger partial charge in [0, 0.05) is 17.1 Å². The van der Waals surface area contributed by atoms with Crippen molar-refractivity contribution in [2.24, 2.45) is 23.7 Å². The fraction of sp³-hybridized carbons (Fsp3) is 0.256. The van der Waals surface area contributed by atoms with Crippen LogP contribution >= 0.6 is 23.2 Å². The van der Waals surface area contributed by atoms with Crippen molar-refractivity contribution >= 4 is 52.6 Å². The normalized spacial score (nSPS) is 26.7. The Morgan fingerprint density at radius 3 is 2.25 bits per heavy atom. The van der Waals surface area contributed by atoms with Crippen molar-refractivity contribution in [1.29, 1.82) is 0 Å². The molecule has 6 atom stereocenters. The van der Waals surface area contributed by atoms with Gasteiger partial charge in [0.2, 0.25) is 11.8 Å². The highest BCUT2D eigenvalue weighted by Gasteiger charge is 2.70. The summed E-state index contributed by atoms with van der Waals surface area (Å²) >= 11 is 12.5. The Kier molecular flexibility index (Phi) is 8.38. The zero-order chi connectivity index (χ0) is 37.4. The van der Waals surface area contributed by atoms with Crippen molar-refractivity contribution in [3.8, 4) is 5.75 Å². The molecule has 1 saturated carbocycles. The molecule has 3 aromatic carbocycles. The first-order valence-electron chi connectivity index (χ1n) is 16.8. The van der Waals surface area contributed by atoms with Crippen molar-refractivity contribution in [2.75, 3.05) is 5.43 Å². The molecule has 9 nitrogen and oxygen atoms in total. The highest BCUT2D eigenvalue weighted by Crippen LogP contribution is 2.64. The van der Waals surface area contributed by atoms with Gasteiger partial charge in [-0.05, 0) is 65.8 Å². The van der Waals surface area contributed by atoms with E-state index in [0.717, 1.165) is 10.6 Å². The lowest BCUT2D eigenvalue weighted by Gasteiger charge is -2.50. The van der Waals surface area contributed by atoms with E-state index in [-0.39, 0.29) is 42.8 Å². The van der Waals surface area contributed by atoms with Gasteiger partial charge in [0.1, 0.15) is 5.75 Å². The number of nitrogens with one attached hydrogen (secondary N) is 1. The van der Waals surface area contributed by atoms with E-state index in [9.17, 15) is 32.7 Å². The largest absolute Gasteiger partial charge is 0.508 e. The molecule has 0 unspecified atom stereocenters. The van der Waals surface area contributed by atoms with Crippen LogP contribution in [-0.2, 0) is 37.3 Å². The van der Waals surface area contributed by atoms with Crippen LogP contribution in [0.4, 0.5) is 19.0 Å². The maximum absolute atomic E-state index is 15.2. The van der Waals surface area contributed by atoms with E-state index in [1.165, 1.54) is 17.0 Å². The average molecular weight is 762 g/mol. The molecule has 0 radical (unpaired) electrons. The van der Waals surface area contributed by atoms with Crippen LogP contribution in [0.5, 0.6) is 5.75 Å². The van der Waals surface area contributed by atoms with Crippen LogP contribution in [0.15, 0.2) is 103 Å². The molecule has 14 heteroatoms. The third kappa shape index (κ3) is 5.49. The maximum atomic E-state index is 15.2. The molecule has 4 amide bonds. The van der Waals surface area contributed by atoms with E-state index < -0.39 is 63.6 Å². The Bertz CT molecular complexity index is 2200. The number of allylic oxidation sites excluding steroid dienone is 2. The molecule has 3 heterocycles. The predicted molar refractivity (Wildman–Crippen MR) is 187 cm³/mol. The quantitative estimate of drug-likeness (QED) is 0.156. The highest BCUT2D eigenvalue weighted by atomic mass is 35.5. The molecule has 270 valence electrons. The zero-order valence-electron chi connectivity index (χ0n) is 27.6. The number of alkyl halides is 3. The molecule has 1 aromatic heterocycles. The molecular formula is C39H29Cl2F3N4O5. The van der Waals surface area contributed by atoms with Crippen LogP contribution in [0.1, 0.15) is 41.0 Å². The second-order valence-corrected chi connectivity index (χ2v) is 14.6. The molecule has 0 spiro atoms. The van der Waals surface area contributed by atoms with Crippen molar-refractivity contribution in [2.45, 2.75) is 36.9 Å². The predicted octanol–water partition coefficient (Wildman–Crippen LogP) is 7.30. The number of anilines is 1. The van der Waals surface area contributed by atoms with Gasteiger partial charge >= 0.3 is 6.18 Å². The number of phenolic OH excluding ortho intramolecular Hbond substituents is 1. The lowest BCUT2D eigenvalue weighted by atomic mass is 9.49. The van der Waals surface area contributed by atoms with Crippen LogP contribution < -0.4 is 5.43 Å². The minimum absolute atomic E-state index is 0.000662. The third-order valence-electron chi connectivity index (χ3n) is 11.1. The van der Waals surface area contributed by atoms with Gasteiger partial charge in [0.15, 0.2) is 5.82 Å². The number of phenols is 1. The van der Waals surface area contributed by atoms with Gasteiger partial charge in [0.25, 0.3) is 11.8 Å². The monoisotopic (exact) mass is 760 g/mol. The number of amides is 4. The first kappa shape index (κ1) is 34.9. The number of pyridine rings is 1. The number of rotatable bonds is 6. The molecule has 2 saturated heterocycles. The number of carbonyl (C=O) groups excluding carboxylic acids is 4. The molecule has 4 aliphatic rings. The molecule has 53 heavy (non-hydrogen) atoms. The fourth-order valence-electron chi connectivity index (χ4n) is 8.81. The number of nitrogens with zero attached hydrogens (tertiary/aromatic N) is 3. The Morgan fingerprint density at radius 1 is 0.887 bits per heavy atom. The van der Waals surface area contributed by atoms with Gasteiger partial charge in [-0.15, -0.1) is 0 Å². The number of benzene rings is 3. The molecular weight excluding hydrogens is 732 g/mol. The Hall–Kier alpha value is -5.20. The zero-order valence-corrected chi connectivity index (χ0v) is 29.1. The fourth-order valence-corrected chi connectivity index (χ4v) is 9.15.